The van der Waals surface area contributed by atoms with E-state index in [-0.39, 0.29) is 11.3 Å². The predicted molar refractivity (Wildman–Crippen MR) is 80.3 cm³/mol. The molecule has 0 radical (unpaired) electrons. The van der Waals surface area contributed by atoms with Gasteiger partial charge in [-0.15, -0.1) is 0 Å². The second-order valence-electron chi connectivity index (χ2n) is 5.66. The number of nitrogens with zero attached hydrogens (tertiary/aromatic N) is 3. The molecule has 2 aromatic rings. The van der Waals surface area contributed by atoms with Gasteiger partial charge in [-0.3, -0.25) is 9.36 Å². The highest BCUT2D eigenvalue weighted by atomic mass is 16.2. The second kappa shape index (κ2) is 5.29. The van der Waals surface area contributed by atoms with Crippen molar-refractivity contribution in [3.05, 3.63) is 36.5 Å². The third-order valence-electron chi connectivity index (χ3n) is 4.01. The fourth-order valence-electron chi connectivity index (χ4n) is 2.57. The van der Waals surface area contributed by atoms with Crippen molar-refractivity contribution in [1.29, 1.82) is 0 Å². The Kier molecular flexibility index (Phi) is 3.47. The van der Waals surface area contributed by atoms with Crippen LogP contribution in [0, 0.1) is 12.3 Å². The molecule has 1 atom stereocenters. The van der Waals surface area contributed by atoms with Crippen molar-refractivity contribution in [2.24, 2.45) is 5.41 Å². The molecule has 1 fully saturated rings. The molecule has 0 aliphatic carbocycles. The molecule has 1 saturated heterocycles. The van der Waals surface area contributed by atoms with Gasteiger partial charge >= 0.3 is 0 Å². The van der Waals surface area contributed by atoms with Crippen molar-refractivity contribution in [1.82, 2.24) is 19.9 Å². The topological polar surface area (TPSA) is 71.8 Å². The van der Waals surface area contributed by atoms with Crippen LogP contribution in [0.1, 0.15) is 19.2 Å². The Morgan fingerprint density at radius 3 is 2.95 bits per heavy atom. The molecule has 2 N–H and O–H groups in total. The summed E-state index contributed by atoms with van der Waals surface area (Å²) in [6.45, 7) is 5.48. The van der Waals surface area contributed by atoms with Gasteiger partial charge in [-0.2, -0.15) is 0 Å². The summed E-state index contributed by atoms with van der Waals surface area (Å²) in [6, 6.07) is 3.69. The van der Waals surface area contributed by atoms with Crippen molar-refractivity contribution in [3.8, 4) is 5.82 Å². The maximum Gasteiger partial charge on any atom is 0.231 e. The first-order valence-electron chi connectivity index (χ1n) is 7.08. The Morgan fingerprint density at radius 1 is 1.43 bits per heavy atom. The average molecular weight is 285 g/mol. The number of amides is 1. The van der Waals surface area contributed by atoms with Gasteiger partial charge in [0, 0.05) is 25.1 Å². The van der Waals surface area contributed by atoms with Crippen molar-refractivity contribution < 1.29 is 4.79 Å². The van der Waals surface area contributed by atoms with E-state index in [1.165, 1.54) is 0 Å². The van der Waals surface area contributed by atoms with Gasteiger partial charge in [0.2, 0.25) is 5.91 Å². The number of aromatic nitrogens is 3. The zero-order valence-electron chi connectivity index (χ0n) is 12.3. The van der Waals surface area contributed by atoms with Gasteiger partial charge in [0.25, 0.3) is 0 Å². The number of imidazole rings is 1. The first-order chi connectivity index (χ1) is 10.1. The number of carbonyl (C=O) groups excluding carboxylic acids is 1. The Morgan fingerprint density at radius 2 is 2.29 bits per heavy atom. The molecule has 0 bridgehead atoms. The van der Waals surface area contributed by atoms with Gasteiger partial charge in [0.1, 0.15) is 5.82 Å². The van der Waals surface area contributed by atoms with Crippen LogP contribution in [0.2, 0.25) is 0 Å². The van der Waals surface area contributed by atoms with Gasteiger partial charge in [-0.05, 0) is 38.9 Å². The lowest BCUT2D eigenvalue weighted by Crippen LogP contribution is -2.35. The van der Waals surface area contributed by atoms with Crippen LogP contribution in [-0.4, -0.2) is 33.5 Å². The maximum absolute atomic E-state index is 12.5. The van der Waals surface area contributed by atoms with Crippen LogP contribution in [0.5, 0.6) is 0 Å². The van der Waals surface area contributed by atoms with E-state index in [4.69, 9.17) is 0 Å². The molecule has 2 aromatic heterocycles. The molecule has 21 heavy (non-hydrogen) atoms. The lowest BCUT2D eigenvalue weighted by molar-refractivity contribution is -0.123. The Hall–Kier alpha value is -2.21. The van der Waals surface area contributed by atoms with Gasteiger partial charge in [0.15, 0.2) is 5.82 Å². The van der Waals surface area contributed by atoms with E-state index in [0.29, 0.717) is 18.1 Å². The zero-order valence-corrected chi connectivity index (χ0v) is 12.3. The summed E-state index contributed by atoms with van der Waals surface area (Å²) in [4.78, 5) is 21.1. The maximum atomic E-state index is 12.5. The summed E-state index contributed by atoms with van der Waals surface area (Å²) in [6.07, 6.45) is 6.12. The monoisotopic (exact) mass is 285 g/mol. The highest BCUT2D eigenvalue weighted by Crippen LogP contribution is 2.27. The quantitative estimate of drug-likeness (QED) is 0.897. The van der Waals surface area contributed by atoms with Crippen LogP contribution >= 0.6 is 0 Å². The first kappa shape index (κ1) is 13.8. The molecule has 0 aromatic carbocycles. The Balaban J connectivity index is 1.90. The van der Waals surface area contributed by atoms with Crippen molar-refractivity contribution in [2.45, 2.75) is 20.3 Å². The number of anilines is 1. The van der Waals surface area contributed by atoms with E-state index in [1.807, 2.05) is 36.7 Å². The molecule has 1 amide bonds. The molecule has 0 saturated carbocycles. The van der Waals surface area contributed by atoms with Crippen molar-refractivity contribution in [3.63, 3.8) is 0 Å². The van der Waals surface area contributed by atoms with Gasteiger partial charge in [0.05, 0.1) is 11.1 Å². The van der Waals surface area contributed by atoms with Crippen molar-refractivity contribution in [2.75, 3.05) is 18.4 Å². The van der Waals surface area contributed by atoms with Crippen molar-refractivity contribution >= 4 is 11.6 Å². The molecule has 1 aliphatic heterocycles. The molecule has 6 nitrogen and oxygen atoms in total. The van der Waals surface area contributed by atoms with E-state index >= 15 is 0 Å². The molecular formula is C15H19N5O. The summed E-state index contributed by atoms with van der Waals surface area (Å²) < 4.78 is 1.87. The molecule has 3 heterocycles. The van der Waals surface area contributed by atoms with Crippen LogP contribution in [0.25, 0.3) is 5.82 Å². The van der Waals surface area contributed by atoms with E-state index in [1.54, 1.807) is 12.4 Å². The summed E-state index contributed by atoms with van der Waals surface area (Å²) in [7, 11) is 0. The standard InChI is InChI=1S/C15H19N5O/c1-11-17-8-9-20(11)13-12(4-3-6-18-13)19-14(21)15(2)5-7-16-10-15/h3-4,6,8-9,16H,5,7,10H2,1-2H3,(H,19,21). The molecule has 0 spiro atoms. The highest BCUT2D eigenvalue weighted by molar-refractivity contribution is 5.96. The first-order valence-corrected chi connectivity index (χ1v) is 7.08. The molecule has 6 heteroatoms. The molecule has 110 valence electrons. The summed E-state index contributed by atoms with van der Waals surface area (Å²) in [5.41, 5.74) is 0.341. The van der Waals surface area contributed by atoms with E-state index in [9.17, 15) is 4.79 Å². The Bertz CT molecular complexity index is 658. The van der Waals surface area contributed by atoms with Gasteiger partial charge < -0.3 is 10.6 Å². The molecular weight excluding hydrogens is 266 g/mol. The van der Waals surface area contributed by atoms with E-state index in [2.05, 4.69) is 20.6 Å². The van der Waals surface area contributed by atoms with Crippen LogP contribution in [0.15, 0.2) is 30.7 Å². The summed E-state index contributed by atoms with van der Waals surface area (Å²) in [5.74, 6) is 1.55. The smallest absolute Gasteiger partial charge is 0.231 e. The normalized spacial score (nSPS) is 21.4. The summed E-state index contributed by atoms with van der Waals surface area (Å²) in [5, 5.41) is 6.26. The minimum atomic E-state index is -0.364. The number of nitrogens with one attached hydrogen (secondary N) is 2. The van der Waals surface area contributed by atoms with Crippen LogP contribution < -0.4 is 10.6 Å². The predicted octanol–water partition coefficient (Wildman–Crippen LogP) is 1.51. The molecule has 3 rings (SSSR count). The van der Waals surface area contributed by atoms with Gasteiger partial charge in [-0.25, -0.2) is 9.97 Å². The minimum Gasteiger partial charge on any atom is -0.322 e. The van der Waals surface area contributed by atoms with Crippen LogP contribution in [-0.2, 0) is 4.79 Å². The third kappa shape index (κ3) is 2.54. The number of rotatable bonds is 3. The largest absolute Gasteiger partial charge is 0.322 e. The van der Waals surface area contributed by atoms with Gasteiger partial charge in [-0.1, -0.05) is 0 Å². The number of aryl methyl sites for hydroxylation is 1. The number of hydrogen-bond acceptors (Lipinski definition) is 4. The minimum absolute atomic E-state index is 0.0273. The van der Waals surface area contributed by atoms with E-state index in [0.717, 1.165) is 18.8 Å². The molecule has 1 aliphatic rings. The molecule has 1 unspecified atom stereocenters. The fourth-order valence-corrected chi connectivity index (χ4v) is 2.57. The third-order valence-corrected chi connectivity index (χ3v) is 4.01. The second-order valence-corrected chi connectivity index (χ2v) is 5.66. The summed E-state index contributed by atoms with van der Waals surface area (Å²) >= 11 is 0. The lowest BCUT2D eigenvalue weighted by atomic mass is 9.89. The lowest BCUT2D eigenvalue weighted by Gasteiger charge is -2.22. The number of carbonyl (C=O) groups is 1. The van der Waals surface area contributed by atoms with Crippen LogP contribution in [0.3, 0.4) is 0 Å². The SMILES string of the molecule is Cc1nccn1-c1ncccc1NC(=O)C1(C)CCNC1. The number of hydrogen-bond donors (Lipinski definition) is 2. The van der Waals surface area contributed by atoms with Crippen LogP contribution in [0.4, 0.5) is 5.69 Å². The zero-order chi connectivity index (χ0) is 14.9. The highest BCUT2D eigenvalue weighted by Gasteiger charge is 2.36. The average Bonchev–Trinajstić information content (AvgIpc) is 3.09. The fraction of sp³-hybridized carbons (Fsp3) is 0.400. The van der Waals surface area contributed by atoms with E-state index < -0.39 is 0 Å². The Labute approximate surface area is 123 Å². The number of pyridine rings is 1.